The van der Waals surface area contributed by atoms with Crippen LogP contribution in [0.2, 0.25) is 5.02 Å². The van der Waals surface area contributed by atoms with Crippen LogP contribution in [0, 0.1) is 5.92 Å². The lowest BCUT2D eigenvalue weighted by molar-refractivity contribution is 0.140. The standard InChI is InChI=1S/C17H25ClN2O2/c1-12(21)11-20(2)17(22)19-16(13-6-3-4-7-13)14-8-5-9-15(18)10-14/h5,8-10,12-13,16,21H,3-4,6-7,11H2,1-2H3,(H,19,22). The van der Waals surface area contributed by atoms with Gasteiger partial charge in [0.05, 0.1) is 12.1 Å². The molecule has 5 heteroatoms. The molecule has 1 saturated carbocycles. The molecule has 22 heavy (non-hydrogen) atoms. The van der Waals surface area contributed by atoms with E-state index in [4.69, 9.17) is 11.6 Å². The molecule has 2 amide bonds. The third-order valence-corrected chi connectivity index (χ3v) is 4.48. The molecule has 1 fully saturated rings. The van der Waals surface area contributed by atoms with Gasteiger partial charge in [0.15, 0.2) is 0 Å². The summed E-state index contributed by atoms with van der Waals surface area (Å²) in [7, 11) is 1.70. The van der Waals surface area contributed by atoms with Gasteiger partial charge in [-0.25, -0.2) is 4.79 Å². The number of hydrogen-bond donors (Lipinski definition) is 2. The van der Waals surface area contributed by atoms with Gasteiger partial charge in [-0.05, 0) is 43.4 Å². The van der Waals surface area contributed by atoms with E-state index in [2.05, 4.69) is 5.32 Å². The maximum Gasteiger partial charge on any atom is 0.317 e. The Labute approximate surface area is 137 Å². The molecular weight excluding hydrogens is 300 g/mol. The molecule has 0 aromatic heterocycles. The molecule has 1 aromatic carbocycles. The highest BCUT2D eigenvalue weighted by Gasteiger charge is 2.28. The minimum absolute atomic E-state index is 0.0230. The van der Waals surface area contributed by atoms with E-state index >= 15 is 0 Å². The molecule has 0 aliphatic heterocycles. The number of likely N-dealkylation sites (N-methyl/N-ethyl adjacent to an activating group) is 1. The second kappa shape index (κ2) is 7.84. The predicted octanol–water partition coefficient (Wildman–Crippen LogP) is 3.59. The number of urea groups is 1. The molecule has 2 atom stereocenters. The van der Waals surface area contributed by atoms with Gasteiger partial charge in [0.25, 0.3) is 0 Å². The van der Waals surface area contributed by atoms with Crippen molar-refractivity contribution in [3.05, 3.63) is 34.9 Å². The number of hydrogen-bond acceptors (Lipinski definition) is 2. The van der Waals surface area contributed by atoms with Gasteiger partial charge >= 0.3 is 6.03 Å². The molecule has 0 heterocycles. The van der Waals surface area contributed by atoms with Gasteiger partial charge in [-0.1, -0.05) is 36.6 Å². The quantitative estimate of drug-likeness (QED) is 0.869. The Morgan fingerprint density at radius 3 is 2.73 bits per heavy atom. The van der Waals surface area contributed by atoms with E-state index in [0.29, 0.717) is 17.5 Å². The lowest BCUT2D eigenvalue weighted by Gasteiger charge is -2.28. The van der Waals surface area contributed by atoms with E-state index in [1.807, 2.05) is 24.3 Å². The van der Waals surface area contributed by atoms with Gasteiger partial charge in [0.1, 0.15) is 0 Å². The van der Waals surface area contributed by atoms with E-state index < -0.39 is 6.10 Å². The van der Waals surface area contributed by atoms with Gasteiger partial charge in [0.2, 0.25) is 0 Å². The third-order valence-electron chi connectivity index (χ3n) is 4.24. The van der Waals surface area contributed by atoms with Gasteiger partial charge < -0.3 is 15.3 Å². The molecule has 0 spiro atoms. The van der Waals surface area contributed by atoms with Crippen LogP contribution in [0.4, 0.5) is 4.79 Å². The topological polar surface area (TPSA) is 52.6 Å². The SMILES string of the molecule is CC(O)CN(C)C(=O)NC(c1cccc(Cl)c1)C1CCCC1. The van der Waals surface area contributed by atoms with Crippen LogP contribution in [-0.4, -0.2) is 35.7 Å². The molecule has 122 valence electrons. The van der Waals surface area contributed by atoms with E-state index in [0.717, 1.165) is 18.4 Å². The van der Waals surface area contributed by atoms with Crippen LogP contribution in [0.3, 0.4) is 0 Å². The minimum atomic E-state index is -0.535. The smallest absolute Gasteiger partial charge is 0.317 e. The average Bonchev–Trinajstić information content (AvgIpc) is 2.97. The molecule has 1 aliphatic rings. The van der Waals surface area contributed by atoms with Crippen LogP contribution in [-0.2, 0) is 0 Å². The van der Waals surface area contributed by atoms with Crippen molar-refractivity contribution in [2.75, 3.05) is 13.6 Å². The summed E-state index contributed by atoms with van der Waals surface area (Å²) in [6.45, 7) is 1.99. The first-order valence-electron chi connectivity index (χ1n) is 7.92. The summed E-state index contributed by atoms with van der Waals surface area (Å²) in [5.74, 6) is 0.447. The van der Waals surface area contributed by atoms with Crippen LogP contribution in [0.25, 0.3) is 0 Å². The fourth-order valence-corrected chi connectivity index (χ4v) is 3.39. The number of halogens is 1. The summed E-state index contributed by atoms with van der Waals surface area (Å²) < 4.78 is 0. The Morgan fingerprint density at radius 1 is 1.45 bits per heavy atom. The predicted molar refractivity (Wildman–Crippen MR) is 89.0 cm³/mol. The number of carbonyl (C=O) groups is 1. The molecule has 0 bridgehead atoms. The first-order valence-corrected chi connectivity index (χ1v) is 8.30. The summed E-state index contributed by atoms with van der Waals surface area (Å²) in [5, 5.41) is 13.2. The molecular formula is C17H25ClN2O2. The van der Waals surface area contributed by atoms with Crippen molar-refractivity contribution in [1.29, 1.82) is 0 Å². The zero-order valence-electron chi connectivity index (χ0n) is 13.3. The minimum Gasteiger partial charge on any atom is -0.392 e. The molecule has 4 nitrogen and oxygen atoms in total. The van der Waals surface area contributed by atoms with Crippen LogP contribution in [0.1, 0.15) is 44.2 Å². The maximum atomic E-state index is 12.4. The van der Waals surface area contributed by atoms with Crippen molar-refractivity contribution in [2.45, 2.75) is 44.8 Å². The van der Waals surface area contributed by atoms with Crippen molar-refractivity contribution in [2.24, 2.45) is 5.92 Å². The number of carbonyl (C=O) groups excluding carboxylic acids is 1. The Kier molecular flexibility index (Phi) is 6.09. The fraction of sp³-hybridized carbons (Fsp3) is 0.588. The summed E-state index contributed by atoms with van der Waals surface area (Å²) in [6.07, 6.45) is 4.13. The number of benzene rings is 1. The molecule has 2 unspecified atom stereocenters. The Bertz CT molecular complexity index is 501. The van der Waals surface area contributed by atoms with E-state index in [9.17, 15) is 9.90 Å². The average molecular weight is 325 g/mol. The third kappa shape index (κ3) is 4.62. The van der Waals surface area contributed by atoms with Crippen molar-refractivity contribution >= 4 is 17.6 Å². The highest BCUT2D eigenvalue weighted by Crippen LogP contribution is 2.36. The number of nitrogens with one attached hydrogen (secondary N) is 1. The normalized spacial score (nSPS) is 18.0. The van der Waals surface area contributed by atoms with Crippen molar-refractivity contribution < 1.29 is 9.90 Å². The van der Waals surface area contributed by atoms with Gasteiger partial charge in [-0.15, -0.1) is 0 Å². The highest BCUT2D eigenvalue weighted by molar-refractivity contribution is 6.30. The summed E-state index contributed by atoms with van der Waals surface area (Å²) in [5.41, 5.74) is 1.05. The lowest BCUT2D eigenvalue weighted by atomic mass is 9.92. The molecule has 0 radical (unpaired) electrons. The van der Waals surface area contributed by atoms with Crippen LogP contribution >= 0.6 is 11.6 Å². The Morgan fingerprint density at radius 2 is 2.14 bits per heavy atom. The van der Waals surface area contributed by atoms with Gasteiger partial charge in [-0.2, -0.15) is 0 Å². The van der Waals surface area contributed by atoms with E-state index in [-0.39, 0.29) is 12.1 Å². The second-order valence-electron chi connectivity index (χ2n) is 6.26. The second-order valence-corrected chi connectivity index (χ2v) is 6.69. The number of amides is 2. The largest absolute Gasteiger partial charge is 0.392 e. The number of aliphatic hydroxyl groups is 1. The summed E-state index contributed by atoms with van der Waals surface area (Å²) >= 11 is 6.11. The zero-order valence-corrected chi connectivity index (χ0v) is 14.0. The molecule has 2 rings (SSSR count). The van der Waals surface area contributed by atoms with E-state index in [1.165, 1.54) is 17.7 Å². The molecule has 0 saturated heterocycles. The molecule has 1 aliphatic carbocycles. The van der Waals surface area contributed by atoms with Crippen LogP contribution in [0.5, 0.6) is 0 Å². The van der Waals surface area contributed by atoms with Crippen LogP contribution < -0.4 is 5.32 Å². The maximum absolute atomic E-state index is 12.4. The molecule has 1 aromatic rings. The van der Waals surface area contributed by atoms with Gasteiger partial charge in [0, 0.05) is 18.6 Å². The van der Waals surface area contributed by atoms with Crippen molar-refractivity contribution in [3.63, 3.8) is 0 Å². The Hall–Kier alpha value is -1.26. The molecule has 2 N–H and O–H groups in total. The zero-order chi connectivity index (χ0) is 16.1. The summed E-state index contributed by atoms with van der Waals surface area (Å²) in [6, 6.07) is 7.54. The highest BCUT2D eigenvalue weighted by atomic mass is 35.5. The van der Waals surface area contributed by atoms with Crippen LogP contribution in [0.15, 0.2) is 24.3 Å². The Balaban J connectivity index is 2.13. The van der Waals surface area contributed by atoms with Crippen molar-refractivity contribution in [3.8, 4) is 0 Å². The number of nitrogens with zero attached hydrogens (tertiary/aromatic N) is 1. The first kappa shape index (κ1) is 17.1. The number of rotatable bonds is 5. The first-order chi connectivity index (χ1) is 10.5. The van der Waals surface area contributed by atoms with E-state index in [1.54, 1.807) is 14.0 Å². The lowest BCUT2D eigenvalue weighted by Crippen LogP contribution is -2.43. The van der Waals surface area contributed by atoms with Crippen molar-refractivity contribution in [1.82, 2.24) is 10.2 Å². The summed E-state index contributed by atoms with van der Waals surface area (Å²) in [4.78, 5) is 13.9. The monoisotopic (exact) mass is 324 g/mol. The van der Waals surface area contributed by atoms with Gasteiger partial charge in [-0.3, -0.25) is 0 Å². The number of aliphatic hydroxyl groups excluding tert-OH is 1. The fourth-order valence-electron chi connectivity index (χ4n) is 3.19.